The number of amides is 1. The molecule has 2 aromatic rings. The number of hydrogen-bond acceptors (Lipinski definition) is 5. The SMILES string of the molecule is CC(C)CNC(=O)COC(=O)COc1ccc(C(=O)c2ccccc2)cc1. The first-order valence-electron chi connectivity index (χ1n) is 8.70. The third-order valence-electron chi connectivity index (χ3n) is 3.58. The van der Waals surface area contributed by atoms with Crippen molar-refractivity contribution < 1.29 is 23.9 Å². The molecule has 0 fully saturated rings. The lowest BCUT2D eigenvalue weighted by Gasteiger charge is -2.09. The van der Waals surface area contributed by atoms with Gasteiger partial charge < -0.3 is 14.8 Å². The van der Waals surface area contributed by atoms with Crippen LogP contribution in [0.1, 0.15) is 29.8 Å². The van der Waals surface area contributed by atoms with Crippen LogP contribution in [0.2, 0.25) is 0 Å². The van der Waals surface area contributed by atoms with Gasteiger partial charge in [-0.15, -0.1) is 0 Å². The Labute approximate surface area is 158 Å². The van der Waals surface area contributed by atoms with Gasteiger partial charge in [0.2, 0.25) is 0 Å². The molecule has 2 rings (SSSR count). The molecule has 0 saturated heterocycles. The van der Waals surface area contributed by atoms with Crippen LogP contribution < -0.4 is 10.1 Å². The third-order valence-corrected chi connectivity index (χ3v) is 3.58. The summed E-state index contributed by atoms with van der Waals surface area (Å²) in [5.74, 6) is -0.320. The predicted molar refractivity (Wildman–Crippen MR) is 101 cm³/mol. The van der Waals surface area contributed by atoms with Crippen molar-refractivity contribution in [1.82, 2.24) is 5.32 Å². The van der Waals surface area contributed by atoms with Gasteiger partial charge in [0, 0.05) is 17.7 Å². The predicted octanol–water partition coefficient (Wildman–Crippen LogP) is 2.61. The molecule has 6 nitrogen and oxygen atoms in total. The summed E-state index contributed by atoms with van der Waals surface area (Å²) in [6.45, 7) is 3.82. The molecule has 142 valence electrons. The quantitative estimate of drug-likeness (QED) is 0.543. The number of carbonyl (C=O) groups is 3. The smallest absolute Gasteiger partial charge is 0.344 e. The van der Waals surface area contributed by atoms with Crippen LogP contribution in [-0.4, -0.2) is 37.4 Å². The molecular formula is C21H23NO5. The minimum atomic E-state index is -0.640. The molecule has 6 heteroatoms. The number of ketones is 1. The van der Waals surface area contributed by atoms with E-state index in [9.17, 15) is 14.4 Å². The van der Waals surface area contributed by atoms with Crippen LogP contribution in [0.5, 0.6) is 5.75 Å². The molecule has 1 N–H and O–H groups in total. The second kappa shape index (κ2) is 10.1. The van der Waals surface area contributed by atoms with Crippen molar-refractivity contribution in [2.24, 2.45) is 5.92 Å². The van der Waals surface area contributed by atoms with E-state index in [1.165, 1.54) is 0 Å². The molecule has 0 saturated carbocycles. The molecule has 0 aliphatic rings. The van der Waals surface area contributed by atoms with Gasteiger partial charge in [-0.25, -0.2) is 4.79 Å². The molecule has 1 amide bonds. The normalized spacial score (nSPS) is 10.3. The number of rotatable bonds is 9. The Balaban J connectivity index is 1.77. The van der Waals surface area contributed by atoms with Crippen LogP contribution in [0.15, 0.2) is 54.6 Å². The van der Waals surface area contributed by atoms with E-state index in [-0.39, 0.29) is 24.9 Å². The lowest BCUT2D eigenvalue weighted by Crippen LogP contribution is -2.32. The molecule has 0 atom stereocenters. The van der Waals surface area contributed by atoms with Gasteiger partial charge in [-0.2, -0.15) is 0 Å². The molecular weight excluding hydrogens is 346 g/mol. The number of carbonyl (C=O) groups excluding carboxylic acids is 3. The van der Waals surface area contributed by atoms with E-state index in [1.54, 1.807) is 48.5 Å². The van der Waals surface area contributed by atoms with Crippen molar-refractivity contribution in [3.63, 3.8) is 0 Å². The molecule has 0 aromatic heterocycles. The van der Waals surface area contributed by atoms with Gasteiger partial charge in [-0.1, -0.05) is 44.2 Å². The highest BCUT2D eigenvalue weighted by Gasteiger charge is 2.11. The Morgan fingerprint density at radius 1 is 0.889 bits per heavy atom. The van der Waals surface area contributed by atoms with E-state index in [4.69, 9.17) is 9.47 Å². The maximum atomic E-state index is 12.3. The molecule has 27 heavy (non-hydrogen) atoms. The van der Waals surface area contributed by atoms with E-state index in [2.05, 4.69) is 5.32 Å². The van der Waals surface area contributed by atoms with Crippen molar-refractivity contribution in [3.8, 4) is 5.75 Å². The largest absolute Gasteiger partial charge is 0.482 e. The number of ether oxygens (including phenoxy) is 2. The number of esters is 1. The summed E-state index contributed by atoms with van der Waals surface area (Å²) < 4.78 is 10.2. The van der Waals surface area contributed by atoms with E-state index in [0.29, 0.717) is 29.3 Å². The summed E-state index contributed by atoms with van der Waals surface area (Å²) >= 11 is 0. The van der Waals surface area contributed by atoms with Gasteiger partial charge in [0.05, 0.1) is 0 Å². The Kier molecular flexibility index (Phi) is 7.55. The molecule has 0 bridgehead atoms. The summed E-state index contributed by atoms with van der Waals surface area (Å²) in [6.07, 6.45) is 0. The number of hydrogen-bond donors (Lipinski definition) is 1. The second-order valence-electron chi connectivity index (χ2n) is 6.37. The minimum Gasteiger partial charge on any atom is -0.482 e. The number of benzene rings is 2. The fourth-order valence-corrected chi connectivity index (χ4v) is 2.16. The fourth-order valence-electron chi connectivity index (χ4n) is 2.16. The molecule has 2 aromatic carbocycles. The average molecular weight is 369 g/mol. The zero-order valence-electron chi connectivity index (χ0n) is 15.4. The van der Waals surface area contributed by atoms with Gasteiger partial charge >= 0.3 is 5.97 Å². The monoisotopic (exact) mass is 369 g/mol. The first kappa shape index (κ1) is 20.2. The highest BCUT2D eigenvalue weighted by molar-refractivity contribution is 6.08. The molecule has 0 aliphatic carbocycles. The van der Waals surface area contributed by atoms with Gasteiger partial charge in [-0.3, -0.25) is 9.59 Å². The second-order valence-corrected chi connectivity index (χ2v) is 6.37. The minimum absolute atomic E-state index is 0.0889. The van der Waals surface area contributed by atoms with E-state index < -0.39 is 5.97 Å². The first-order valence-corrected chi connectivity index (χ1v) is 8.70. The van der Waals surface area contributed by atoms with Crippen LogP contribution in [0.3, 0.4) is 0 Å². The Bertz CT molecular complexity index is 769. The molecule has 0 radical (unpaired) electrons. The lowest BCUT2D eigenvalue weighted by atomic mass is 10.0. The summed E-state index contributed by atoms with van der Waals surface area (Å²) in [5.41, 5.74) is 1.13. The van der Waals surface area contributed by atoms with Crippen molar-refractivity contribution >= 4 is 17.7 Å². The third kappa shape index (κ3) is 6.93. The van der Waals surface area contributed by atoms with E-state index in [0.717, 1.165) is 0 Å². The Morgan fingerprint density at radius 3 is 2.15 bits per heavy atom. The molecule has 0 unspecified atom stereocenters. The van der Waals surface area contributed by atoms with Crippen LogP contribution >= 0.6 is 0 Å². The topological polar surface area (TPSA) is 81.7 Å². The summed E-state index contributed by atoms with van der Waals surface area (Å²) in [6, 6.07) is 15.4. The zero-order chi connectivity index (χ0) is 19.6. The van der Waals surface area contributed by atoms with Gasteiger partial charge in [0.15, 0.2) is 19.0 Å². The van der Waals surface area contributed by atoms with Crippen LogP contribution in [-0.2, 0) is 14.3 Å². The van der Waals surface area contributed by atoms with Crippen molar-refractivity contribution in [2.75, 3.05) is 19.8 Å². The summed E-state index contributed by atoms with van der Waals surface area (Å²) in [4.78, 5) is 35.4. The highest BCUT2D eigenvalue weighted by Crippen LogP contribution is 2.15. The fraction of sp³-hybridized carbons (Fsp3) is 0.286. The highest BCUT2D eigenvalue weighted by atomic mass is 16.6. The lowest BCUT2D eigenvalue weighted by molar-refractivity contribution is -0.150. The van der Waals surface area contributed by atoms with Crippen molar-refractivity contribution in [1.29, 1.82) is 0 Å². The average Bonchev–Trinajstić information content (AvgIpc) is 2.69. The number of nitrogens with one attached hydrogen (secondary N) is 1. The maximum Gasteiger partial charge on any atom is 0.344 e. The summed E-state index contributed by atoms with van der Waals surface area (Å²) in [5, 5.41) is 2.65. The van der Waals surface area contributed by atoms with E-state index in [1.807, 2.05) is 19.9 Å². The zero-order valence-corrected chi connectivity index (χ0v) is 15.4. The maximum absolute atomic E-state index is 12.3. The van der Waals surface area contributed by atoms with Gasteiger partial charge in [0.1, 0.15) is 5.75 Å². The summed E-state index contributed by atoms with van der Waals surface area (Å²) in [7, 11) is 0. The van der Waals surface area contributed by atoms with Crippen molar-refractivity contribution in [3.05, 3.63) is 65.7 Å². The van der Waals surface area contributed by atoms with Gasteiger partial charge in [0.25, 0.3) is 5.91 Å². The Morgan fingerprint density at radius 2 is 1.52 bits per heavy atom. The standard InChI is InChI=1S/C21H23NO5/c1-15(2)12-22-19(23)13-27-20(24)14-26-18-10-8-17(9-11-18)21(25)16-6-4-3-5-7-16/h3-11,15H,12-14H2,1-2H3,(H,22,23). The molecule has 0 spiro atoms. The van der Waals surface area contributed by atoms with Crippen LogP contribution in [0, 0.1) is 5.92 Å². The van der Waals surface area contributed by atoms with E-state index >= 15 is 0 Å². The van der Waals surface area contributed by atoms with Crippen LogP contribution in [0.4, 0.5) is 0 Å². The Hall–Kier alpha value is -3.15. The first-order chi connectivity index (χ1) is 13.0. The van der Waals surface area contributed by atoms with Crippen LogP contribution in [0.25, 0.3) is 0 Å². The molecule has 0 aliphatic heterocycles. The van der Waals surface area contributed by atoms with Crippen molar-refractivity contribution in [2.45, 2.75) is 13.8 Å². The van der Waals surface area contributed by atoms with Gasteiger partial charge in [-0.05, 0) is 30.2 Å². The molecule has 0 heterocycles.